The number of esters is 1. The molecule has 66 valence electrons. The molecule has 0 radical (unpaired) electrons. The van der Waals surface area contributed by atoms with E-state index in [9.17, 15) is 4.79 Å². The second-order valence-corrected chi connectivity index (χ2v) is 2.27. The molecule has 0 aliphatic rings. The molecule has 0 aromatic heterocycles. The van der Waals surface area contributed by atoms with Crippen molar-refractivity contribution in [2.24, 2.45) is 0 Å². The Morgan fingerprint density at radius 1 is 1.50 bits per heavy atom. The predicted octanol–water partition coefficient (Wildman–Crippen LogP) is 2.24. The summed E-state index contributed by atoms with van der Waals surface area (Å²) >= 11 is 0. The second kappa shape index (κ2) is 6.40. The van der Waals surface area contributed by atoms with Crippen LogP contribution in [0, 0.1) is 0 Å². The fraction of sp³-hybridized carbons (Fsp3) is 0.300. The van der Waals surface area contributed by atoms with E-state index >= 15 is 0 Å². The van der Waals surface area contributed by atoms with Crippen LogP contribution in [0.1, 0.15) is 13.3 Å². The van der Waals surface area contributed by atoms with Crippen molar-refractivity contribution in [2.75, 3.05) is 6.61 Å². The van der Waals surface area contributed by atoms with Crippen molar-refractivity contribution in [3.63, 3.8) is 0 Å². The summed E-state index contributed by atoms with van der Waals surface area (Å²) in [5, 5.41) is 0. The topological polar surface area (TPSA) is 26.3 Å². The zero-order valence-corrected chi connectivity index (χ0v) is 7.38. The normalized spacial score (nSPS) is 10.6. The maximum absolute atomic E-state index is 10.4. The zero-order valence-electron chi connectivity index (χ0n) is 7.38. The van der Waals surface area contributed by atoms with Crippen LogP contribution in [0.3, 0.4) is 0 Å². The first-order chi connectivity index (χ1) is 5.70. The van der Waals surface area contributed by atoms with Gasteiger partial charge in [0, 0.05) is 13.3 Å². The van der Waals surface area contributed by atoms with Crippen LogP contribution in [0.4, 0.5) is 0 Å². The van der Waals surface area contributed by atoms with Crippen molar-refractivity contribution < 1.29 is 9.53 Å². The molecule has 0 saturated heterocycles. The molecule has 0 unspecified atom stereocenters. The maximum Gasteiger partial charge on any atom is 0.302 e. The number of hydrogen-bond donors (Lipinski definition) is 0. The summed E-state index contributed by atoms with van der Waals surface area (Å²) in [6, 6.07) is 0. The van der Waals surface area contributed by atoms with Gasteiger partial charge in [-0.3, -0.25) is 4.79 Å². The number of hydrogen-bond acceptors (Lipinski definition) is 2. The van der Waals surface area contributed by atoms with Gasteiger partial charge < -0.3 is 4.74 Å². The van der Waals surface area contributed by atoms with Crippen molar-refractivity contribution in [2.45, 2.75) is 13.3 Å². The fourth-order valence-corrected chi connectivity index (χ4v) is 0.717. The van der Waals surface area contributed by atoms with Crippen molar-refractivity contribution in [3.05, 3.63) is 37.0 Å². The van der Waals surface area contributed by atoms with Crippen LogP contribution in [-0.2, 0) is 9.53 Å². The van der Waals surface area contributed by atoms with E-state index in [-0.39, 0.29) is 5.97 Å². The maximum atomic E-state index is 10.4. The van der Waals surface area contributed by atoms with Crippen LogP contribution in [-0.4, -0.2) is 12.6 Å². The number of rotatable bonds is 5. The van der Waals surface area contributed by atoms with Gasteiger partial charge in [-0.25, -0.2) is 0 Å². The van der Waals surface area contributed by atoms with E-state index in [0.29, 0.717) is 13.0 Å². The molecular weight excluding hydrogens is 152 g/mol. The van der Waals surface area contributed by atoms with Gasteiger partial charge in [0.05, 0.1) is 6.61 Å². The number of carbonyl (C=O) groups is 1. The third-order valence-corrected chi connectivity index (χ3v) is 1.29. The highest BCUT2D eigenvalue weighted by molar-refractivity contribution is 5.65. The Morgan fingerprint density at radius 2 is 2.17 bits per heavy atom. The molecule has 0 rings (SSSR count). The molecular formula is C10H14O2. The molecule has 2 nitrogen and oxygen atoms in total. The first kappa shape index (κ1) is 10.7. The van der Waals surface area contributed by atoms with E-state index in [1.807, 2.05) is 6.08 Å². The molecule has 12 heavy (non-hydrogen) atoms. The zero-order chi connectivity index (χ0) is 9.40. The van der Waals surface area contributed by atoms with Gasteiger partial charge in [0.2, 0.25) is 0 Å². The lowest BCUT2D eigenvalue weighted by molar-refractivity contribution is -0.140. The van der Waals surface area contributed by atoms with E-state index in [1.165, 1.54) is 6.92 Å². The third-order valence-electron chi connectivity index (χ3n) is 1.29. The minimum atomic E-state index is -0.253. The van der Waals surface area contributed by atoms with Crippen LogP contribution < -0.4 is 0 Å². The van der Waals surface area contributed by atoms with Crippen molar-refractivity contribution in [1.82, 2.24) is 0 Å². The van der Waals surface area contributed by atoms with Crippen molar-refractivity contribution in [1.29, 1.82) is 0 Å². The monoisotopic (exact) mass is 166 g/mol. The average Bonchev–Trinajstić information content (AvgIpc) is 2.02. The summed E-state index contributed by atoms with van der Waals surface area (Å²) in [7, 11) is 0. The van der Waals surface area contributed by atoms with Crippen LogP contribution >= 0.6 is 0 Å². The van der Waals surface area contributed by atoms with E-state index in [4.69, 9.17) is 4.74 Å². The highest BCUT2D eigenvalue weighted by Crippen LogP contribution is 2.02. The van der Waals surface area contributed by atoms with Gasteiger partial charge in [0.15, 0.2) is 0 Å². The summed E-state index contributed by atoms with van der Waals surface area (Å²) in [6.07, 6.45) is 5.95. The second-order valence-electron chi connectivity index (χ2n) is 2.27. The summed E-state index contributed by atoms with van der Waals surface area (Å²) < 4.78 is 4.76. The Hall–Kier alpha value is -1.31. The van der Waals surface area contributed by atoms with E-state index < -0.39 is 0 Å². The van der Waals surface area contributed by atoms with Gasteiger partial charge in [0.1, 0.15) is 0 Å². The molecule has 0 atom stereocenters. The average molecular weight is 166 g/mol. The Kier molecular flexibility index (Phi) is 5.70. The van der Waals surface area contributed by atoms with Crippen molar-refractivity contribution in [3.8, 4) is 0 Å². The van der Waals surface area contributed by atoms with E-state index in [2.05, 4.69) is 13.2 Å². The molecule has 0 fully saturated rings. The summed E-state index contributed by atoms with van der Waals surface area (Å²) in [4.78, 5) is 10.4. The number of carbonyl (C=O) groups excluding carboxylic acids is 1. The lowest BCUT2D eigenvalue weighted by Crippen LogP contribution is -2.00. The summed E-state index contributed by atoms with van der Waals surface area (Å²) in [5.41, 5.74) is 1.02. The number of ether oxygens (including phenoxy) is 1. The number of allylic oxidation sites excluding steroid dienone is 3. The third kappa shape index (κ3) is 5.47. The fourth-order valence-electron chi connectivity index (χ4n) is 0.717. The lowest BCUT2D eigenvalue weighted by atomic mass is 10.2. The summed E-state index contributed by atoms with van der Waals surface area (Å²) in [6.45, 7) is 8.98. The molecule has 0 aromatic rings. The Balaban J connectivity index is 3.73. The molecule has 0 amide bonds. The quantitative estimate of drug-likeness (QED) is 0.462. The molecule has 0 bridgehead atoms. The molecule has 0 heterocycles. The molecule has 0 aromatic carbocycles. The van der Waals surface area contributed by atoms with Crippen LogP contribution in [0.25, 0.3) is 0 Å². The first-order valence-corrected chi connectivity index (χ1v) is 3.78. The molecule has 0 N–H and O–H groups in total. The Morgan fingerprint density at radius 3 is 2.58 bits per heavy atom. The van der Waals surface area contributed by atoms with Gasteiger partial charge >= 0.3 is 5.97 Å². The highest BCUT2D eigenvalue weighted by Gasteiger charge is 1.94. The molecule has 2 heteroatoms. The van der Waals surface area contributed by atoms with Gasteiger partial charge in [-0.05, 0) is 5.57 Å². The van der Waals surface area contributed by atoms with Crippen LogP contribution in [0.5, 0.6) is 0 Å². The smallest absolute Gasteiger partial charge is 0.302 e. The Labute approximate surface area is 73.2 Å². The standard InChI is InChI=1S/C10H14O2/c1-4-6-10(5-2)7-8-12-9(3)11/h4-6H,1-2,7-8H2,3H3/b10-6+. The molecule has 0 spiro atoms. The highest BCUT2D eigenvalue weighted by atomic mass is 16.5. The van der Waals surface area contributed by atoms with E-state index in [0.717, 1.165) is 5.57 Å². The summed E-state index contributed by atoms with van der Waals surface area (Å²) in [5.74, 6) is -0.253. The SMILES string of the molecule is C=C/C=C(\C=C)CCOC(C)=O. The van der Waals surface area contributed by atoms with Crippen LogP contribution in [0.15, 0.2) is 37.0 Å². The molecule has 0 aliphatic heterocycles. The first-order valence-electron chi connectivity index (χ1n) is 3.78. The van der Waals surface area contributed by atoms with Crippen LogP contribution in [0.2, 0.25) is 0 Å². The Bertz CT molecular complexity index is 202. The van der Waals surface area contributed by atoms with Gasteiger partial charge in [0.25, 0.3) is 0 Å². The van der Waals surface area contributed by atoms with Gasteiger partial charge in [-0.1, -0.05) is 31.4 Å². The van der Waals surface area contributed by atoms with E-state index in [1.54, 1.807) is 12.2 Å². The largest absolute Gasteiger partial charge is 0.466 e. The lowest BCUT2D eigenvalue weighted by Gasteiger charge is -2.01. The van der Waals surface area contributed by atoms with Gasteiger partial charge in [-0.2, -0.15) is 0 Å². The molecule has 0 saturated carbocycles. The minimum Gasteiger partial charge on any atom is -0.466 e. The predicted molar refractivity (Wildman–Crippen MR) is 49.7 cm³/mol. The minimum absolute atomic E-state index is 0.253. The van der Waals surface area contributed by atoms with Gasteiger partial charge in [-0.15, -0.1) is 0 Å². The molecule has 0 aliphatic carbocycles. The van der Waals surface area contributed by atoms with Crippen molar-refractivity contribution >= 4 is 5.97 Å².